The summed E-state index contributed by atoms with van der Waals surface area (Å²) < 4.78 is 27.4. The van der Waals surface area contributed by atoms with Crippen molar-refractivity contribution in [3.05, 3.63) is 29.3 Å². The standard InChI is InChI=1S/C14H17F2N3OS/c1-6(20)14-5-10(14)13(2,19-12(18)21-14)8-3-7(17)4-9(15)11(8)16/h3-4,6,10,20H,5,17H2,1-2H3,(H2,18,19)/t6-,10+,13-,14+/m1/s1. The minimum atomic E-state index is -1.02. The van der Waals surface area contributed by atoms with Crippen LogP contribution in [-0.2, 0) is 5.54 Å². The number of halogens is 2. The molecule has 1 aromatic rings. The lowest BCUT2D eigenvalue weighted by molar-refractivity contribution is 0.169. The van der Waals surface area contributed by atoms with Crippen LogP contribution in [0.25, 0.3) is 0 Å². The van der Waals surface area contributed by atoms with Gasteiger partial charge in [0.05, 0.1) is 16.4 Å². The van der Waals surface area contributed by atoms with Gasteiger partial charge in [-0.2, -0.15) is 0 Å². The minimum absolute atomic E-state index is 0.0933. The molecule has 0 spiro atoms. The monoisotopic (exact) mass is 313 g/mol. The number of aliphatic imine (C=N–C) groups is 1. The Hall–Kier alpha value is -1.34. The van der Waals surface area contributed by atoms with Gasteiger partial charge in [-0.3, -0.25) is 4.99 Å². The topological polar surface area (TPSA) is 84.6 Å². The molecular formula is C14H17F2N3OS. The van der Waals surface area contributed by atoms with Gasteiger partial charge >= 0.3 is 0 Å². The fourth-order valence-corrected chi connectivity index (χ4v) is 4.76. The summed E-state index contributed by atoms with van der Waals surface area (Å²) in [7, 11) is 0. The van der Waals surface area contributed by atoms with Gasteiger partial charge in [-0.1, -0.05) is 11.8 Å². The summed E-state index contributed by atoms with van der Waals surface area (Å²) >= 11 is 1.31. The molecule has 0 saturated heterocycles. The minimum Gasteiger partial charge on any atom is -0.399 e. The summed E-state index contributed by atoms with van der Waals surface area (Å²) in [5, 5.41) is 10.3. The Bertz CT molecular complexity index is 651. The van der Waals surface area contributed by atoms with Gasteiger partial charge in [-0.05, 0) is 32.4 Å². The summed E-state index contributed by atoms with van der Waals surface area (Å²) in [5.41, 5.74) is 10.7. The number of hydrogen-bond donors (Lipinski definition) is 3. The number of nitrogens with zero attached hydrogens (tertiary/aromatic N) is 1. The number of hydrogen-bond acceptors (Lipinski definition) is 5. The predicted octanol–water partition coefficient (Wildman–Crippen LogP) is 1.96. The maximum absolute atomic E-state index is 14.2. The van der Waals surface area contributed by atoms with E-state index in [1.165, 1.54) is 17.8 Å². The molecule has 21 heavy (non-hydrogen) atoms. The molecule has 1 fully saturated rings. The van der Waals surface area contributed by atoms with Crippen LogP contribution in [0.2, 0.25) is 0 Å². The second kappa shape index (κ2) is 4.33. The van der Waals surface area contributed by atoms with Crippen LogP contribution < -0.4 is 11.5 Å². The van der Waals surface area contributed by atoms with E-state index in [4.69, 9.17) is 11.5 Å². The van der Waals surface area contributed by atoms with Gasteiger partial charge in [-0.15, -0.1) is 0 Å². The number of aliphatic hydroxyl groups excluding tert-OH is 1. The Morgan fingerprint density at radius 1 is 1.43 bits per heavy atom. The summed E-state index contributed by atoms with van der Waals surface area (Å²) in [5.74, 6) is -2.07. The number of nitrogen functional groups attached to an aromatic ring is 1. The van der Waals surface area contributed by atoms with E-state index in [1.807, 2.05) is 0 Å². The Kier molecular flexibility index (Phi) is 3.01. The molecule has 4 atom stereocenters. The highest BCUT2D eigenvalue weighted by atomic mass is 32.2. The Balaban J connectivity index is 2.16. The van der Waals surface area contributed by atoms with Gasteiger partial charge in [0.15, 0.2) is 16.8 Å². The highest BCUT2D eigenvalue weighted by Crippen LogP contribution is 2.67. The molecule has 1 aliphatic carbocycles. The number of rotatable bonds is 2. The molecule has 7 heteroatoms. The van der Waals surface area contributed by atoms with E-state index in [0.29, 0.717) is 6.42 Å². The van der Waals surface area contributed by atoms with Crippen LogP contribution in [0.5, 0.6) is 0 Å². The molecular weight excluding hydrogens is 296 g/mol. The number of thioether (sulfide) groups is 1. The molecule has 1 aromatic carbocycles. The van der Waals surface area contributed by atoms with Crippen molar-refractivity contribution >= 4 is 22.6 Å². The predicted molar refractivity (Wildman–Crippen MR) is 79.9 cm³/mol. The van der Waals surface area contributed by atoms with Crippen LogP contribution in [0.1, 0.15) is 25.8 Å². The summed E-state index contributed by atoms with van der Waals surface area (Å²) in [6.07, 6.45) is 0.0288. The summed E-state index contributed by atoms with van der Waals surface area (Å²) in [4.78, 5) is 4.36. The molecule has 0 amide bonds. The zero-order valence-electron chi connectivity index (χ0n) is 11.7. The van der Waals surface area contributed by atoms with Crippen molar-refractivity contribution in [2.75, 3.05) is 5.73 Å². The second-order valence-electron chi connectivity index (χ2n) is 5.95. The van der Waals surface area contributed by atoms with E-state index < -0.39 is 28.0 Å². The number of benzene rings is 1. The van der Waals surface area contributed by atoms with Crippen molar-refractivity contribution in [2.24, 2.45) is 16.6 Å². The van der Waals surface area contributed by atoms with E-state index in [9.17, 15) is 13.9 Å². The zero-order chi connectivity index (χ0) is 15.6. The van der Waals surface area contributed by atoms with E-state index >= 15 is 0 Å². The first-order valence-electron chi connectivity index (χ1n) is 6.68. The van der Waals surface area contributed by atoms with Crippen molar-refractivity contribution in [3.63, 3.8) is 0 Å². The molecule has 1 saturated carbocycles. The molecule has 0 unspecified atom stereocenters. The van der Waals surface area contributed by atoms with Gasteiger partial charge in [0.2, 0.25) is 0 Å². The fourth-order valence-electron chi connectivity index (χ4n) is 3.34. The molecule has 0 radical (unpaired) electrons. The lowest BCUT2D eigenvalue weighted by Gasteiger charge is -2.35. The molecule has 3 rings (SSSR count). The van der Waals surface area contributed by atoms with Crippen LogP contribution in [0, 0.1) is 17.6 Å². The lowest BCUT2D eigenvalue weighted by atomic mass is 9.84. The quantitative estimate of drug-likeness (QED) is 0.729. The van der Waals surface area contributed by atoms with Crippen LogP contribution in [0.15, 0.2) is 17.1 Å². The number of nitrogens with two attached hydrogens (primary N) is 2. The lowest BCUT2D eigenvalue weighted by Crippen LogP contribution is -2.40. The largest absolute Gasteiger partial charge is 0.399 e. The molecule has 1 aliphatic heterocycles. The highest BCUT2D eigenvalue weighted by Gasteiger charge is 2.68. The third-order valence-electron chi connectivity index (χ3n) is 4.57. The van der Waals surface area contributed by atoms with Crippen LogP contribution in [0.3, 0.4) is 0 Å². The van der Waals surface area contributed by atoms with Gasteiger partial charge < -0.3 is 16.6 Å². The van der Waals surface area contributed by atoms with Crippen LogP contribution >= 0.6 is 11.8 Å². The molecule has 0 aromatic heterocycles. The summed E-state index contributed by atoms with van der Waals surface area (Å²) in [6, 6.07) is 2.35. The first kappa shape index (κ1) is 14.6. The number of amidine groups is 1. The summed E-state index contributed by atoms with van der Waals surface area (Å²) in [6.45, 7) is 3.40. The third kappa shape index (κ3) is 1.94. The van der Waals surface area contributed by atoms with E-state index in [2.05, 4.69) is 4.99 Å². The molecule has 5 N–H and O–H groups in total. The molecule has 2 aliphatic rings. The van der Waals surface area contributed by atoms with Crippen molar-refractivity contribution in [2.45, 2.75) is 36.7 Å². The third-order valence-corrected chi connectivity index (χ3v) is 6.04. The van der Waals surface area contributed by atoms with E-state index in [0.717, 1.165) is 6.07 Å². The van der Waals surface area contributed by atoms with E-state index in [-0.39, 0.29) is 22.3 Å². The van der Waals surface area contributed by atoms with Crippen molar-refractivity contribution in [3.8, 4) is 0 Å². The average molecular weight is 313 g/mol. The first-order chi connectivity index (χ1) is 9.70. The second-order valence-corrected chi connectivity index (χ2v) is 7.33. The van der Waals surface area contributed by atoms with Crippen molar-refractivity contribution in [1.29, 1.82) is 0 Å². The number of anilines is 1. The Morgan fingerprint density at radius 2 is 2.10 bits per heavy atom. The first-order valence-corrected chi connectivity index (χ1v) is 7.50. The Labute approximate surface area is 125 Å². The van der Waals surface area contributed by atoms with Gasteiger partial charge in [0.25, 0.3) is 0 Å². The van der Waals surface area contributed by atoms with Gasteiger partial charge in [0.1, 0.15) is 0 Å². The fraction of sp³-hybridized carbons (Fsp3) is 0.500. The SMILES string of the molecule is C[C@@H](O)[C@@]12C[C@H]1[C@@](C)(c1cc(N)cc(F)c1F)N=C(N)S2. The molecule has 4 nitrogen and oxygen atoms in total. The molecule has 0 bridgehead atoms. The number of fused-ring (bicyclic) bond motifs is 1. The maximum Gasteiger partial charge on any atom is 0.164 e. The van der Waals surface area contributed by atoms with Gasteiger partial charge in [0, 0.05) is 17.2 Å². The van der Waals surface area contributed by atoms with E-state index in [1.54, 1.807) is 13.8 Å². The highest BCUT2D eigenvalue weighted by molar-refractivity contribution is 8.15. The van der Waals surface area contributed by atoms with Crippen LogP contribution in [-0.4, -0.2) is 21.1 Å². The van der Waals surface area contributed by atoms with Crippen molar-refractivity contribution in [1.82, 2.24) is 0 Å². The smallest absolute Gasteiger partial charge is 0.164 e. The van der Waals surface area contributed by atoms with Crippen molar-refractivity contribution < 1.29 is 13.9 Å². The molecule has 1 heterocycles. The average Bonchev–Trinajstić information content (AvgIpc) is 3.10. The number of aliphatic hydroxyl groups is 1. The Morgan fingerprint density at radius 3 is 2.71 bits per heavy atom. The maximum atomic E-state index is 14.2. The molecule has 114 valence electrons. The zero-order valence-corrected chi connectivity index (χ0v) is 12.5. The van der Waals surface area contributed by atoms with Crippen LogP contribution in [0.4, 0.5) is 14.5 Å². The van der Waals surface area contributed by atoms with Gasteiger partial charge in [-0.25, -0.2) is 8.78 Å². The normalized spacial score (nSPS) is 35.9.